The van der Waals surface area contributed by atoms with Gasteiger partial charge in [-0.25, -0.2) is 9.59 Å². The molecule has 0 heterocycles. The minimum atomic E-state index is -0.987. The third-order valence-electron chi connectivity index (χ3n) is 7.02. The summed E-state index contributed by atoms with van der Waals surface area (Å²) in [4.78, 5) is 53.4. The molecule has 0 aliphatic rings. The molecule has 9 heteroatoms. The summed E-state index contributed by atoms with van der Waals surface area (Å²) in [7, 11) is 0. The molecule has 3 aromatic rings. The molecule has 46 heavy (non-hydrogen) atoms. The molecule has 3 amide bonds. The molecule has 0 fully saturated rings. The van der Waals surface area contributed by atoms with Gasteiger partial charge in [-0.3, -0.25) is 9.59 Å². The van der Waals surface area contributed by atoms with Gasteiger partial charge in [0.2, 0.25) is 11.8 Å². The van der Waals surface area contributed by atoms with Crippen molar-refractivity contribution < 1.29 is 28.7 Å². The summed E-state index contributed by atoms with van der Waals surface area (Å²) in [5, 5.41) is 8.37. The Morgan fingerprint density at radius 1 is 0.652 bits per heavy atom. The van der Waals surface area contributed by atoms with E-state index in [9.17, 15) is 19.2 Å². The maximum atomic E-state index is 13.8. The Labute approximate surface area is 272 Å². The van der Waals surface area contributed by atoms with E-state index < -0.39 is 47.6 Å². The number of esters is 1. The molecular weight excluding hydrogens is 582 g/mol. The molecule has 0 aromatic heterocycles. The van der Waals surface area contributed by atoms with E-state index in [1.165, 1.54) is 0 Å². The van der Waals surface area contributed by atoms with Gasteiger partial charge in [-0.2, -0.15) is 0 Å². The fourth-order valence-electron chi connectivity index (χ4n) is 4.79. The van der Waals surface area contributed by atoms with E-state index in [0.29, 0.717) is 12.8 Å². The molecule has 3 atom stereocenters. The average molecular weight is 630 g/mol. The first-order chi connectivity index (χ1) is 21.9. The molecule has 9 nitrogen and oxygen atoms in total. The lowest BCUT2D eigenvalue weighted by molar-refractivity contribution is -0.149. The molecule has 0 aliphatic heterocycles. The number of amides is 3. The summed E-state index contributed by atoms with van der Waals surface area (Å²) in [5.74, 6) is -1.58. The van der Waals surface area contributed by atoms with Gasteiger partial charge in [-0.1, -0.05) is 105 Å². The molecule has 3 N–H and O–H groups in total. The summed E-state index contributed by atoms with van der Waals surface area (Å²) in [6.07, 6.45) is 0.597. The van der Waals surface area contributed by atoms with Gasteiger partial charge in [0.15, 0.2) is 0 Å². The number of aryl methyl sites for hydroxylation is 1. The smallest absolute Gasteiger partial charge is 0.408 e. The van der Waals surface area contributed by atoms with Gasteiger partial charge in [0.1, 0.15) is 30.3 Å². The van der Waals surface area contributed by atoms with Crippen molar-refractivity contribution in [1.82, 2.24) is 16.0 Å². The molecule has 0 saturated heterocycles. The monoisotopic (exact) mass is 629 g/mol. The Bertz CT molecular complexity index is 1390. The number of hydrogen-bond donors (Lipinski definition) is 3. The van der Waals surface area contributed by atoms with Crippen molar-refractivity contribution in [1.29, 1.82) is 0 Å². The van der Waals surface area contributed by atoms with Gasteiger partial charge in [0.25, 0.3) is 0 Å². The van der Waals surface area contributed by atoms with E-state index >= 15 is 0 Å². The number of benzene rings is 3. The van der Waals surface area contributed by atoms with Gasteiger partial charge < -0.3 is 25.4 Å². The fourth-order valence-corrected chi connectivity index (χ4v) is 4.79. The summed E-state index contributed by atoms with van der Waals surface area (Å²) < 4.78 is 11.0. The van der Waals surface area contributed by atoms with Gasteiger partial charge in [0, 0.05) is 6.42 Å². The zero-order valence-electron chi connectivity index (χ0n) is 27.5. The van der Waals surface area contributed by atoms with Crippen molar-refractivity contribution in [2.75, 3.05) is 0 Å². The highest BCUT2D eigenvalue weighted by Crippen LogP contribution is 2.13. The van der Waals surface area contributed by atoms with E-state index in [1.54, 1.807) is 20.8 Å². The van der Waals surface area contributed by atoms with Crippen LogP contribution in [0.4, 0.5) is 4.79 Å². The van der Waals surface area contributed by atoms with Crippen molar-refractivity contribution in [3.05, 3.63) is 108 Å². The Morgan fingerprint density at radius 2 is 1.15 bits per heavy atom. The molecule has 0 aliphatic carbocycles. The minimum Gasteiger partial charge on any atom is -0.459 e. The fraction of sp³-hybridized carbons (Fsp3) is 0.405. The van der Waals surface area contributed by atoms with Crippen LogP contribution in [0, 0.1) is 5.92 Å². The van der Waals surface area contributed by atoms with E-state index in [0.717, 1.165) is 16.7 Å². The van der Waals surface area contributed by atoms with E-state index in [2.05, 4.69) is 16.0 Å². The minimum absolute atomic E-state index is 0.0373. The Kier molecular flexibility index (Phi) is 13.8. The first-order valence-electron chi connectivity index (χ1n) is 15.8. The van der Waals surface area contributed by atoms with Crippen LogP contribution in [0.1, 0.15) is 64.2 Å². The Morgan fingerprint density at radius 3 is 1.70 bits per heavy atom. The lowest BCUT2D eigenvalue weighted by Gasteiger charge is -2.27. The standard InChI is InChI=1S/C37H47N3O6/c1-26(2)23-31(38-33(41)30(40-36(44)46-37(3,4)5)22-21-27-15-9-6-10-16-27)34(42)39-32(24-28-17-11-7-12-18-28)35(43)45-25-29-19-13-8-14-20-29/h6-20,26,30-32H,21-25H2,1-5H3,(H,38,41)(H,39,42)(H,40,44)/t30-,31?,32?/m0/s1. The number of rotatable bonds is 15. The van der Waals surface area contributed by atoms with Gasteiger partial charge >= 0.3 is 12.1 Å². The van der Waals surface area contributed by atoms with Gasteiger partial charge in [0.05, 0.1) is 0 Å². The molecule has 0 bridgehead atoms. The summed E-state index contributed by atoms with van der Waals surface area (Å²) in [5.41, 5.74) is 1.91. The van der Waals surface area contributed by atoms with Gasteiger partial charge in [-0.05, 0) is 62.6 Å². The van der Waals surface area contributed by atoms with E-state index in [-0.39, 0.29) is 25.4 Å². The summed E-state index contributed by atoms with van der Waals surface area (Å²) in [6, 6.07) is 25.3. The van der Waals surface area contributed by atoms with Crippen LogP contribution in [0.15, 0.2) is 91.0 Å². The summed E-state index contributed by atoms with van der Waals surface area (Å²) >= 11 is 0. The molecule has 0 radical (unpaired) electrons. The number of alkyl carbamates (subject to hydrolysis) is 1. The van der Waals surface area contributed by atoms with Crippen molar-refractivity contribution in [3.63, 3.8) is 0 Å². The van der Waals surface area contributed by atoms with Crippen LogP contribution in [0.3, 0.4) is 0 Å². The zero-order chi connectivity index (χ0) is 33.5. The maximum Gasteiger partial charge on any atom is 0.408 e. The van der Waals surface area contributed by atoms with Crippen LogP contribution in [-0.2, 0) is 43.3 Å². The number of carbonyl (C=O) groups excluding carboxylic acids is 4. The molecule has 3 rings (SSSR count). The van der Waals surface area contributed by atoms with E-state index in [4.69, 9.17) is 9.47 Å². The quantitative estimate of drug-likeness (QED) is 0.191. The number of nitrogens with one attached hydrogen (secondary N) is 3. The highest BCUT2D eigenvalue weighted by Gasteiger charge is 2.31. The average Bonchev–Trinajstić information content (AvgIpc) is 3.01. The van der Waals surface area contributed by atoms with Crippen LogP contribution < -0.4 is 16.0 Å². The highest BCUT2D eigenvalue weighted by atomic mass is 16.6. The van der Waals surface area contributed by atoms with Crippen LogP contribution in [-0.4, -0.2) is 47.6 Å². The third kappa shape index (κ3) is 13.1. The summed E-state index contributed by atoms with van der Waals surface area (Å²) in [6.45, 7) is 9.16. The van der Waals surface area contributed by atoms with Crippen molar-refractivity contribution >= 4 is 23.9 Å². The maximum absolute atomic E-state index is 13.8. The number of carbonyl (C=O) groups is 4. The normalized spacial score (nSPS) is 13.2. The van der Waals surface area contributed by atoms with Crippen LogP contribution in [0.5, 0.6) is 0 Å². The SMILES string of the molecule is CC(C)CC(NC(=O)[C@H](CCc1ccccc1)NC(=O)OC(C)(C)C)C(=O)NC(Cc1ccccc1)C(=O)OCc1ccccc1. The highest BCUT2D eigenvalue weighted by molar-refractivity contribution is 5.93. The first-order valence-corrected chi connectivity index (χ1v) is 15.8. The van der Waals surface area contributed by atoms with Gasteiger partial charge in [-0.15, -0.1) is 0 Å². The molecular formula is C37H47N3O6. The Hall–Kier alpha value is -4.66. The molecule has 2 unspecified atom stereocenters. The molecule has 3 aromatic carbocycles. The predicted molar refractivity (Wildman–Crippen MR) is 178 cm³/mol. The second-order valence-electron chi connectivity index (χ2n) is 12.8. The van der Waals surface area contributed by atoms with Crippen molar-refractivity contribution in [2.45, 2.75) is 90.6 Å². The van der Waals surface area contributed by atoms with Crippen molar-refractivity contribution in [2.24, 2.45) is 5.92 Å². The lowest BCUT2D eigenvalue weighted by Crippen LogP contribution is -2.56. The zero-order valence-corrected chi connectivity index (χ0v) is 27.5. The Balaban J connectivity index is 1.77. The largest absolute Gasteiger partial charge is 0.459 e. The predicted octanol–water partition coefficient (Wildman–Crippen LogP) is 5.51. The topological polar surface area (TPSA) is 123 Å². The third-order valence-corrected chi connectivity index (χ3v) is 7.02. The van der Waals surface area contributed by atoms with Crippen LogP contribution in [0.2, 0.25) is 0 Å². The second kappa shape index (κ2) is 17.7. The molecule has 0 spiro atoms. The van der Waals surface area contributed by atoms with Crippen molar-refractivity contribution in [3.8, 4) is 0 Å². The lowest BCUT2D eigenvalue weighted by atomic mass is 10.00. The molecule has 246 valence electrons. The number of ether oxygens (including phenoxy) is 2. The van der Waals surface area contributed by atoms with E-state index in [1.807, 2.05) is 105 Å². The number of hydrogen-bond acceptors (Lipinski definition) is 6. The second-order valence-corrected chi connectivity index (χ2v) is 12.8. The molecule has 0 saturated carbocycles. The first kappa shape index (κ1) is 35.8. The van der Waals surface area contributed by atoms with Crippen LogP contribution in [0.25, 0.3) is 0 Å². The van der Waals surface area contributed by atoms with Crippen LogP contribution >= 0.6 is 0 Å².